The van der Waals surface area contributed by atoms with Gasteiger partial charge in [-0.15, -0.1) is 5.10 Å². The van der Waals surface area contributed by atoms with Crippen molar-refractivity contribution >= 4 is 33.4 Å². The summed E-state index contributed by atoms with van der Waals surface area (Å²) in [4.78, 5) is 18.1. The molecule has 0 amide bonds. The van der Waals surface area contributed by atoms with Gasteiger partial charge in [-0.1, -0.05) is 54.2 Å². The van der Waals surface area contributed by atoms with Crippen molar-refractivity contribution in [1.29, 1.82) is 0 Å². The Morgan fingerprint density at radius 1 is 1.00 bits per heavy atom. The van der Waals surface area contributed by atoms with Crippen molar-refractivity contribution in [1.82, 2.24) is 29.8 Å². The summed E-state index contributed by atoms with van der Waals surface area (Å²) in [5.74, 6) is 0.701. The lowest BCUT2D eigenvalue weighted by atomic mass is 10.1. The maximum Gasteiger partial charge on any atom is 0.262 e. The minimum absolute atomic E-state index is 0.0318. The maximum absolute atomic E-state index is 13.2. The molecule has 31 heavy (non-hydrogen) atoms. The SMILES string of the molecule is CCn1c(SC(C)c2nnnn2-c2ccccc2)nc2cc3ccccc3cc2c1=O. The van der Waals surface area contributed by atoms with Crippen LogP contribution in [0.25, 0.3) is 27.4 Å². The van der Waals surface area contributed by atoms with Gasteiger partial charge in [0.05, 0.1) is 21.8 Å². The smallest absolute Gasteiger partial charge is 0.262 e. The van der Waals surface area contributed by atoms with Crippen LogP contribution in [0.1, 0.15) is 24.9 Å². The molecule has 0 aliphatic carbocycles. The molecule has 0 bridgehead atoms. The molecule has 0 saturated heterocycles. The lowest BCUT2D eigenvalue weighted by molar-refractivity contribution is 0.632. The summed E-state index contributed by atoms with van der Waals surface area (Å²) in [6, 6.07) is 21.7. The Kier molecular flexibility index (Phi) is 4.99. The predicted octanol–water partition coefficient (Wildman–Crippen LogP) is 4.40. The van der Waals surface area contributed by atoms with E-state index in [1.165, 1.54) is 11.8 Å². The molecule has 0 saturated carbocycles. The molecule has 2 aromatic heterocycles. The van der Waals surface area contributed by atoms with Crippen molar-refractivity contribution in [3.8, 4) is 5.69 Å². The molecule has 1 atom stereocenters. The van der Waals surface area contributed by atoms with Crippen LogP contribution in [0.3, 0.4) is 0 Å². The molecule has 154 valence electrons. The van der Waals surface area contributed by atoms with Gasteiger partial charge in [0, 0.05) is 6.54 Å². The van der Waals surface area contributed by atoms with Crippen molar-refractivity contribution in [3.63, 3.8) is 0 Å². The zero-order valence-electron chi connectivity index (χ0n) is 17.1. The zero-order valence-corrected chi connectivity index (χ0v) is 18.0. The first-order chi connectivity index (χ1) is 15.2. The molecule has 7 nitrogen and oxygen atoms in total. The van der Waals surface area contributed by atoms with Crippen LogP contribution < -0.4 is 5.56 Å². The zero-order chi connectivity index (χ0) is 21.4. The number of fused-ring (bicyclic) bond motifs is 2. The first-order valence-corrected chi connectivity index (χ1v) is 11.0. The largest absolute Gasteiger partial charge is 0.287 e. The third-order valence-corrected chi connectivity index (χ3v) is 6.33. The molecule has 0 fully saturated rings. The van der Waals surface area contributed by atoms with Crippen LogP contribution in [0.5, 0.6) is 0 Å². The Morgan fingerprint density at radius 2 is 1.71 bits per heavy atom. The summed E-state index contributed by atoms with van der Waals surface area (Å²) in [5.41, 5.74) is 1.56. The highest BCUT2D eigenvalue weighted by Crippen LogP contribution is 2.33. The van der Waals surface area contributed by atoms with E-state index in [0.717, 1.165) is 16.5 Å². The van der Waals surface area contributed by atoms with Gasteiger partial charge < -0.3 is 0 Å². The molecule has 3 aromatic carbocycles. The number of hydrogen-bond acceptors (Lipinski definition) is 6. The van der Waals surface area contributed by atoms with Crippen LogP contribution in [0.15, 0.2) is 76.7 Å². The Bertz CT molecular complexity index is 1440. The molecule has 8 heteroatoms. The highest BCUT2D eigenvalue weighted by atomic mass is 32.2. The van der Waals surface area contributed by atoms with Crippen LogP contribution in [0.2, 0.25) is 0 Å². The van der Waals surface area contributed by atoms with E-state index in [2.05, 4.69) is 15.5 Å². The van der Waals surface area contributed by atoms with Crippen molar-refractivity contribution < 1.29 is 0 Å². The Morgan fingerprint density at radius 3 is 2.45 bits per heavy atom. The van der Waals surface area contributed by atoms with Gasteiger partial charge in [0.15, 0.2) is 11.0 Å². The van der Waals surface area contributed by atoms with Gasteiger partial charge in [-0.3, -0.25) is 9.36 Å². The normalized spacial score (nSPS) is 12.5. The average Bonchev–Trinajstić information content (AvgIpc) is 3.29. The van der Waals surface area contributed by atoms with Crippen molar-refractivity contribution in [2.75, 3.05) is 0 Å². The number of para-hydroxylation sites is 1. The number of rotatable bonds is 5. The second kappa shape index (κ2) is 7.96. The highest BCUT2D eigenvalue weighted by Gasteiger charge is 2.20. The number of tetrazole rings is 1. The number of benzene rings is 3. The molecule has 0 N–H and O–H groups in total. The van der Waals surface area contributed by atoms with Crippen molar-refractivity contribution in [2.24, 2.45) is 0 Å². The third kappa shape index (κ3) is 3.48. The van der Waals surface area contributed by atoms with Gasteiger partial charge in [-0.25, -0.2) is 4.98 Å². The highest BCUT2D eigenvalue weighted by molar-refractivity contribution is 7.99. The number of hydrogen-bond donors (Lipinski definition) is 0. The molecule has 1 unspecified atom stereocenters. The summed E-state index contributed by atoms with van der Waals surface area (Å²) >= 11 is 1.48. The van der Waals surface area contributed by atoms with E-state index in [4.69, 9.17) is 4.98 Å². The minimum atomic E-state index is -0.113. The monoisotopic (exact) mass is 428 g/mol. The van der Waals surface area contributed by atoms with E-state index in [-0.39, 0.29) is 10.8 Å². The molecule has 0 radical (unpaired) electrons. The maximum atomic E-state index is 13.2. The Labute approximate surface area is 182 Å². The summed E-state index contributed by atoms with van der Waals surface area (Å²) in [5, 5.41) is 15.5. The topological polar surface area (TPSA) is 78.5 Å². The van der Waals surface area contributed by atoms with Crippen molar-refractivity contribution in [3.05, 3.63) is 82.9 Å². The Balaban J connectivity index is 1.58. The van der Waals surface area contributed by atoms with Gasteiger partial charge in [0.1, 0.15) is 0 Å². The first-order valence-electron chi connectivity index (χ1n) is 10.1. The second-order valence-corrected chi connectivity index (χ2v) is 8.51. The van der Waals surface area contributed by atoms with E-state index in [0.29, 0.717) is 28.4 Å². The molecule has 0 aliphatic rings. The van der Waals surface area contributed by atoms with E-state index < -0.39 is 0 Å². The van der Waals surface area contributed by atoms with Crippen LogP contribution in [0.4, 0.5) is 0 Å². The Hall–Kier alpha value is -3.52. The first kappa shape index (κ1) is 19.4. The summed E-state index contributed by atoms with van der Waals surface area (Å²) < 4.78 is 3.44. The van der Waals surface area contributed by atoms with Gasteiger partial charge in [0.2, 0.25) is 0 Å². The molecule has 0 spiro atoms. The van der Waals surface area contributed by atoms with E-state index in [1.54, 1.807) is 9.25 Å². The molecular formula is C23H20N6OS. The van der Waals surface area contributed by atoms with E-state index in [1.807, 2.05) is 80.6 Å². The van der Waals surface area contributed by atoms with Crippen molar-refractivity contribution in [2.45, 2.75) is 30.8 Å². The molecule has 2 heterocycles. The summed E-state index contributed by atoms with van der Waals surface area (Å²) in [7, 11) is 0. The standard InChI is InChI=1S/C23H20N6OS/c1-3-28-22(30)19-13-16-9-7-8-10-17(16)14-20(19)24-23(28)31-15(2)21-25-26-27-29(21)18-11-5-4-6-12-18/h4-15H,3H2,1-2H3. The molecule has 5 rings (SSSR count). The van der Waals surface area contributed by atoms with Gasteiger partial charge in [-0.05, 0) is 59.3 Å². The van der Waals surface area contributed by atoms with Gasteiger partial charge >= 0.3 is 0 Å². The second-order valence-electron chi connectivity index (χ2n) is 7.20. The number of aromatic nitrogens is 6. The quantitative estimate of drug-likeness (QED) is 0.235. The fourth-order valence-corrected chi connectivity index (χ4v) is 4.73. The fraction of sp³-hybridized carbons (Fsp3) is 0.174. The number of nitrogens with zero attached hydrogens (tertiary/aromatic N) is 6. The van der Waals surface area contributed by atoms with Crippen LogP contribution in [-0.4, -0.2) is 29.8 Å². The third-order valence-electron chi connectivity index (χ3n) is 5.24. The molecular weight excluding hydrogens is 408 g/mol. The lowest BCUT2D eigenvalue weighted by Gasteiger charge is -2.15. The van der Waals surface area contributed by atoms with E-state index in [9.17, 15) is 4.79 Å². The van der Waals surface area contributed by atoms with Gasteiger partial charge in [0.25, 0.3) is 5.56 Å². The minimum Gasteiger partial charge on any atom is -0.287 e. The summed E-state index contributed by atoms with van der Waals surface area (Å²) in [6.07, 6.45) is 0. The van der Waals surface area contributed by atoms with Crippen LogP contribution >= 0.6 is 11.8 Å². The average molecular weight is 429 g/mol. The van der Waals surface area contributed by atoms with Crippen LogP contribution in [0, 0.1) is 0 Å². The fourth-order valence-electron chi connectivity index (χ4n) is 3.67. The summed E-state index contributed by atoms with van der Waals surface area (Å²) in [6.45, 7) is 4.51. The predicted molar refractivity (Wildman–Crippen MR) is 123 cm³/mol. The molecule has 0 aliphatic heterocycles. The number of thioether (sulfide) groups is 1. The van der Waals surface area contributed by atoms with Gasteiger partial charge in [-0.2, -0.15) is 4.68 Å². The van der Waals surface area contributed by atoms with E-state index >= 15 is 0 Å². The van der Waals surface area contributed by atoms with Crippen LogP contribution in [-0.2, 0) is 6.54 Å². The molecule has 5 aromatic rings. The lowest BCUT2D eigenvalue weighted by Crippen LogP contribution is -2.22.